The quantitative estimate of drug-likeness (QED) is 0.697. The number of carbonyl (C=O) groups is 1. The van der Waals surface area contributed by atoms with E-state index in [9.17, 15) is 4.79 Å². The molecule has 68 valence electrons. The molecule has 0 unspecified atom stereocenters. The van der Waals surface area contributed by atoms with E-state index in [-0.39, 0.29) is 5.91 Å². The highest BCUT2D eigenvalue weighted by Gasteiger charge is 2.17. The third kappa shape index (κ3) is 1.44. The largest absolute Gasteiger partial charge is 0.326 e. The average Bonchev–Trinajstić information content (AvgIpc) is 2.42. The summed E-state index contributed by atoms with van der Waals surface area (Å²) in [6.07, 6.45) is 0.535. The molecule has 0 fully saturated rings. The molecule has 0 saturated heterocycles. The van der Waals surface area contributed by atoms with Crippen molar-refractivity contribution in [3.05, 3.63) is 29.3 Å². The van der Waals surface area contributed by atoms with E-state index in [0.717, 1.165) is 11.3 Å². The van der Waals surface area contributed by atoms with Crippen LogP contribution >= 0.6 is 0 Å². The summed E-state index contributed by atoms with van der Waals surface area (Å²) in [6.45, 7) is 4.30. The first-order valence-corrected chi connectivity index (χ1v) is 4.59. The van der Waals surface area contributed by atoms with Gasteiger partial charge in [-0.25, -0.2) is 0 Å². The van der Waals surface area contributed by atoms with Crippen LogP contribution in [0.2, 0.25) is 0 Å². The molecule has 0 aromatic heterocycles. The number of fused-ring (bicyclic) bond motifs is 1. The lowest BCUT2D eigenvalue weighted by atomic mass is 10.0. The van der Waals surface area contributed by atoms with Crippen molar-refractivity contribution in [2.45, 2.75) is 26.2 Å². The van der Waals surface area contributed by atoms with Gasteiger partial charge in [0.15, 0.2) is 0 Å². The number of carbonyl (C=O) groups excluding carboxylic acids is 1. The molecular weight excluding hydrogens is 162 g/mol. The number of nitrogens with one attached hydrogen (secondary N) is 1. The van der Waals surface area contributed by atoms with Gasteiger partial charge in [0.25, 0.3) is 0 Å². The van der Waals surface area contributed by atoms with Crippen LogP contribution in [0.5, 0.6) is 0 Å². The zero-order valence-corrected chi connectivity index (χ0v) is 7.92. The fourth-order valence-corrected chi connectivity index (χ4v) is 1.59. The molecule has 2 nitrogen and oxygen atoms in total. The summed E-state index contributed by atoms with van der Waals surface area (Å²) in [4.78, 5) is 11.1. The summed E-state index contributed by atoms with van der Waals surface area (Å²) < 4.78 is 0. The van der Waals surface area contributed by atoms with Crippen molar-refractivity contribution in [2.24, 2.45) is 0 Å². The van der Waals surface area contributed by atoms with Gasteiger partial charge in [-0.15, -0.1) is 0 Å². The summed E-state index contributed by atoms with van der Waals surface area (Å²) in [6, 6.07) is 6.22. The first kappa shape index (κ1) is 8.30. The fraction of sp³-hybridized carbons (Fsp3) is 0.364. The Hall–Kier alpha value is -1.31. The highest BCUT2D eigenvalue weighted by molar-refractivity contribution is 5.99. The lowest BCUT2D eigenvalue weighted by molar-refractivity contribution is -0.115. The number of rotatable bonds is 1. The Morgan fingerprint density at radius 1 is 1.38 bits per heavy atom. The van der Waals surface area contributed by atoms with Gasteiger partial charge < -0.3 is 5.32 Å². The molecule has 2 heteroatoms. The van der Waals surface area contributed by atoms with E-state index < -0.39 is 0 Å². The molecule has 1 aliphatic heterocycles. The molecular formula is C11H13NO. The third-order valence-corrected chi connectivity index (χ3v) is 2.43. The Labute approximate surface area is 78.0 Å². The normalized spacial score (nSPS) is 14.5. The van der Waals surface area contributed by atoms with Gasteiger partial charge in [-0.05, 0) is 23.1 Å². The minimum atomic E-state index is 0.107. The molecule has 0 radical (unpaired) electrons. The minimum absolute atomic E-state index is 0.107. The molecule has 1 amide bonds. The second-order valence-electron chi connectivity index (χ2n) is 3.80. The Balaban J connectivity index is 2.40. The zero-order valence-electron chi connectivity index (χ0n) is 7.92. The van der Waals surface area contributed by atoms with Gasteiger partial charge in [0, 0.05) is 5.69 Å². The summed E-state index contributed by atoms with van der Waals surface area (Å²) in [5.41, 5.74) is 3.39. The summed E-state index contributed by atoms with van der Waals surface area (Å²) in [5.74, 6) is 0.624. The molecule has 0 aliphatic carbocycles. The van der Waals surface area contributed by atoms with Crippen LogP contribution in [0.25, 0.3) is 0 Å². The van der Waals surface area contributed by atoms with Gasteiger partial charge in [-0.1, -0.05) is 26.0 Å². The molecule has 1 aromatic rings. The summed E-state index contributed by atoms with van der Waals surface area (Å²) in [7, 11) is 0. The highest BCUT2D eigenvalue weighted by atomic mass is 16.1. The van der Waals surface area contributed by atoms with E-state index in [1.165, 1.54) is 5.56 Å². The van der Waals surface area contributed by atoms with E-state index in [0.29, 0.717) is 12.3 Å². The maximum Gasteiger partial charge on any atom is 0.228 e. The standard InChI is InChI=1S/C11H13NO/c1-7(2)8-3-4-9-6-11(13)12-10(9)5-8/h3-5,7H,6H2,1-2H3,(H,12,13). The van der Waals surface area contributed by atoms with Crippen molar-refractivity contribution in [3.63, 3.8) is 0 Å². The number of benzene rings is 1. The zero-order chi connectivity index (χ0) is 9.42. The molecule has 0 atom stereocenters. The Morgan fingerprint density at radius 2 is 2.15 bits per heavy atom. The molecule has 0 saturated carbocycles. The fourth-order valence-electron chi connectivity index (χ4n) is 1.59. The van der Waals surface area contributed by atoms with Crippen LogP contribution in [-0.4, -0.2) is 5.91 Å². The third-order valence-electron chi connectivity index (χ3n) is 2.43. The van der Waals surface area contributed by atoms with Crippen LogP contribution in [0.15, 0.2) is 18.2 Å². The molecule has 0 bridgehead atoms. The number of hydrogen-bond acceptors (Lipinski definition) is 1. The smallest absolute Gasteiger partial charge is 0.228 e. The van der Waals surface area contributed by atoms with Gasteiger partial charge in [0.05, 0.1) is 6.42 Å². The van der Waals surface area contributed by atoms with Crippen LogP contribution < -0.4 is 5.32 Å². The van der Waals surface area contributed by atoms with E-state index in [4.69, 9.17) is 0 Å². The van der Waals surface area contributed by atoms with Crippen LogP contribution in [0, 0.1) is 0 Å². The molecule has 1 aliphatic rings. The Morgan fingerprint density at radius 3 is 2.85 bits per heavy atom. The molecule has 1 N–H and O–H groups in total. The Bertz CT molecular complexity index is 355. The molecule has 2 rings (SSSR count). The predicted molar refractivity (Wildman–Crippen MR) is 52.9 cm³/mol. The molecule has 1 heterocycles. The number of anilines is 1. The van der Waals surface area contributed by atoms with Crippen molar-refractivity contribution in [1.82, 2.24) is 0 Å². The first-order valence-electron chi connectivity index (χ1n) is 4.59. The minimum Gasteiger partial charge on any atom is -0.326 e. The van der Waals surface area contributed by atoms with E-state index in [2.05, 4.69) is 31.3 Å². The molecule has 1 aromatic carbocycles. The molecule has 13 heavy (non-hydrogen) atoms. The van der Waals surface area contributed by atoms with Gasteiger partial charge in [0.1, 0.15) is 0 Å². The monoisotopic (exact) mass is 175 g/mol. The first-order chi connectivity index (χ1) is 6.16. The SMILES string of the molecule is CC(C)c1ccc2c(c1)NC(=O)C2. The number of amides is 1. The van der Waals surface area contributed by atoms with Crippen molar-refractivity contribution in [2.75, 3.05) is 5.32 Å². The molecule has 0 spiro atoms. The van der Waals surface area contributed by atoms with Crippen molar-refractivity contribution in [3.8, 4) is 0 Å². The van der Waals surface area contributed by atoms with Gasteiger partial charge in [-0.2, -0.15) is 0 Å². The lowest BCUT2D eigenvalue weighted by Crippen LogP contribution is -2.03. The number of hydrogen-bond donors (Lipinski definition) is 1. The second-order valence-corrected chi connectivity index (χ2v) is 3.80. The van der Waals surface area contributed by atoms with Gasteiger partial charge in [0.2, 0.25) is 5.91 Å². The van der Waals surface area contributed by atoms with E-state index in [1.54, 1.807) is 0 Å². The van der Waals surface area contributed by atoms with Crippen LogP contribution in [0.3, 0.4) is 0 Å². The van der Waals surface area contributed by atoms with Crippen LogP contribution in [0.4, 0.5) is 5.69 Å². The lowest BCUT2D eigenvalue weighted by Gasteiger charge is -2.06. The van der Waals surface area contributed by atoms with Gasteiger partial charge >= 0.3 is 0 Å². The Kier molecular flexibility index (Phi) is 1.83. The van der Waals surface area contributed by atoms with E-state index >= 15 is 0 Å². The van der Waals surface area contributed by atoms with Crippen LogP contribution in [0.1, 0.15) is 30.9 Å². The maximum absolute atomic E-state index is 11.1. The summed E-state index contributed by atoms with van der Waals surface area (Å²) >= 11 is 0. The van der Waals surface area contributed by atoms with Gasteiger partial charge in [-0.3, -0.25) is 4.79 Å². The topological polar surface area (TPSA) is 29.1 Å². The van der Waals surface area contributed by atoms with Crippen LogP contribution in [-0.2, 0) is 11.2 Å². The van der Waals surface area contributed by atoms with Crippen molar-refractivity contribution in [1.29, 1.82) is 0 Å². The summed E-state index contributed by atoms with van der Waals surface area (Å²) in [5, 5.41) is 2.85. The maximum atomic E-state index is 11.1. The second kappa shape index (κ2) is 2.87. The predicted octanol–water partition coefficient (Wildman–Crippen LogP) is 2.30. The highest BCUT2D eigenvalue weighted by Crippen LogP contribution is 2.26. The average molecular weight is 175 g/mol. The van der Waals surface area contributed by atoms with Crippen molar-refractivity contribution < 1.29 is 4.79 Å². The van der Waals surface area contributed by atoms with E-state index in [1.807, 2.05) is 6.07 Å². The van der Waals surface area contributed by atoms with Crippen molar-refractivity contribution >= 4 is 11.6 Å².